The molecule has 0 aromatic carbocycles. The van der Waals surface area contributed by atoms with Crippen molar-refractivity contribution in [2.45, 2.75) is 39.2 Å². The second-order valence-electron chi connectivity index (χ2n) is 4.84. The first kappa shape index (κ1) is 13.0. The molecule has 2 rings (SSSR count). The van der Waals surface area contributed by atoms with Gasteiger partial charge in [0.1, 0.15) is 0 Å². The molecule has 0 aliphatic heterocycles. The van der Waals surface area contributed by atoms with Crippen molar-refractivity contribution < 1.29 is 0 Å². The van der Waals surface area contributed by atoms with Crippen LogP contribution in [-0.4, -0.2) is 0 Å². The van der Waals surface area contributed by atoms with Gasteiger partial charge in [0.25, 0.3) is 0 Å². The minimum atomic E-state index is 0.318. The van der Waals surface area contributed by atoms with Crippen LogP contribution in [0.15, 0.2) is 17.5 Å². The van der Waals surface area contributed by atoms with Crippen LogP contribution in [-0.2, 0) is 0 Å². The summed E-state index contributed by atoms with van der Waals surface area (Å²) in [6.07, 6.45) is 3.64. The summed E-state index contributed by atoms with van der Waals surface area (Å²) in [6, 6.07) is 4.79. The molecular weight excluding hydrogens is 248 g/mol. The predicted octanol–water partition coefficient (Wildman–Crippen LogP) is 4.29. The molecule has 2 aromatic heterocycles. The highest BCUT2D eigenvalue weighted by atomic mass is 32.1. The molecule has 0 saturated carbocycles. The fourth-order valence-corrected chi connectivity index (χ4v) is 4.21. The number of nitrogens with one attached hydrogen (secondary N) is 1. The molecule has 4 heteroatoms. The number of hydrogen-bond donors (Lipinski definition) is 2. The third-order valence-corrected chi connectivity index (χ3v) is 5.18. The van der Waals surface area contributed by atoms with E-state index in [2.05, 4.69) is 36.8 Å². The van der Waals surface area contributed by atoms with E-state index in [1.165, 1.54) is 27.1 Å². The van der Waals surface area contributed by atoms with E-state index >= 15 is 0 Å². The summed E-state index contributed by atoms with van der Waals surface area (Å²) in [4.78, 5) is 1.37. The molecule has 1 atom stereocenters. The zero-order valence-electron chi connectivity index (χ0n) is 10.4. The molecule has 2 heterocycles. The highest BCUT2D eigenvalue weighted by Gasteiger charge is 2.13. The Hall–Kier alpha value is -0.420. The average molecular weight is 268 g/mol. The Bertz CT molecular complexity index is 430. The fourth-order valence-electron chi connectivity index (χ4n) is 1.99. The lowest BCUT2D eigenvalue weighted by Crippen LogP contribution is -2.27. The van der Waals surface area contributed by atoms with Gasteiger partial charge in [0.2, 0.25) is 0 Å². The Morgan fingerprint density at radius 2 is 2.12 bits per heavy atom. The average Bonchev–Trinajstić information content (AvgIpc) is 2.83. The van der Waals surface area contributed by atoms with Gasteiger partial charge in [0.05, 0.1) is 6.04 Å². The molecule has 0 aliphatic carbocycles. The molecule has 0 bridgehead atoms. The SMILES string of the molecule is CC(C)CCCC(NN)c1cc2sccc2s1. The van der Waals surface area contributed by atoms with E-state index in [0.29, 0.717) is 6.04 Å². The van der Waals surface area contributed by atoms with E-state index in [0.717, 1.165) is 12.3 Å². The Kier molecular flexibility index (Phi) is 4.56. The van der Waals surface area contributed by atoms with E-state index in [1.54, 1.807) is 11.3 Å². The van der Waals surface area contributed by atoms with Crippen molar-refractivity contribution in [2.24, 2.45) is 11.8 Å². The standard InChI is InChI=1S/C13H20N2S2/c1-9(2)4-3-5-10(15-14)12-8-13-11(17-12)6-7-16-13/h6-10,15H,3-5,14H2,1-2H3. The zero-order chi connectivity index (χ0) is 12.3. The van der Waals surface area contributed by atoms with Crippen LogP contribution in [0.25, 0.3) is 9.40 Å². The van der Waals surface area contributed by atoms with E-state index in [9.17, 15) is 0 Å². The topological polar surface area (TPSA) is 38.0 Å². The summed E-state index contributed by atoms with van der Waals surface area (Å²) < 4.78 is 2.77. The van der Waals surface area contributed by atoms with E-state index in [-0.39, 0.29) is 0 Å². The van der Waals surface area contributed by atoms with Crippen LogP contribution in [0, 0.1) is 5.92 Å². The second kappa shape index (κ2) is 5.96. The summed E-state index contributed by atoms with van der Waals surface area (Å²) in [7, 11) is 0. The largest absolute Gasteiger partial charge is 0.271 e. The van der Waals surface area contributed by atoms with Gasteiger partial charge in [0, 0.05) is 14.3 Å². The number of hydrogen-bond acceptors (Lipinski definition) is 4. The number of fused-ring (bicyclic) bond motifs is 1. The van der Waals surface area contributed by atoms with Gasteiger partial charge in [-0.3, -0.25) is 11.3 Å². The van der Waals surface area contributed by atoms with E-state index in [4.69, 9.17) is 5.84 Å². The zero-order valence-corrected chi connectivity index (χ0v) is 12.0. The normalized spacial score (nSPS) is 13.6. The fraction of sp³-hybridized carbons (Fsp3) is 0.538. The molecule has 0 amide bonds. The van der Waals surface area contributed by atoms with Crippen molar-refractivity contribution in [2.75, 3.05) is 0 Å². The summed E-state index contributed by atoms with van der Waals surface area (Å²) in [5, 5.41) is 2.15. The van der Waals surface area contributed by atoms with Crippen LogP contribution in [0.5, 0.6) is 0 Å². The predicted molar refractivity (Wildman–Crippen MR) is 78.5 cm³/mol. The Morgan fingerprint density at radius 1 is 1.29 bits per heavy atom. The van der Waals surface area contributed by atoms with Crippen LogP contribution in [0.3, 0.4) is 0 Å². The highest BCUT2D eigenvalue weighted by molar-refractivity contribution is 7.26. The molecule has 0 aliphatic rings. The van der Waals surface area contributed by atoms with Gasteiger partial charge in [-0.05, 0) is 29.9 Å². The van der Waals surface area contributed by atoms with Gasteiger partial charge in [-0.25, -0.2) is 0 Å². The number of thiophene rings is 2. The van der Waals surface area contributed by atoms with Gasteiger partial charge in [0.15, 0.2) is 0 Å². The van der Waals surface area contributed by atoms with Gasteiger partial charge < -0.3 is 0 Å². The maximum atomic E-state index is 5.67. The Balaban J connectivity index is 2.00. The highest BCUT2D eigenvalue weighted by Crippen LogP contribution is 2.34. The van der Waals surface area contributed by atoms with Crippen molar-refractivity contribution in [1.82, 2.24) is 5.43 Å². The first-order valence-electron chi connectivity index (χ1n) is 6.13. The quantitative estimate of drug-likeness (QED) is 0.606. The van der Waals surface area contributed by atoms with Gasteiger partial charge in [-0.15, -0.1) is 22.7 Å². The molecule has 94 valence electrons. The minimum Gasteiger partial charge on any atom is -0.271 e. The van der Waals surface area contributed by atoms with Gasteiger partial charge in [-0.1, -0.05) is 26.7 Å². The second-order valence-corrected chi connectivity index (χ2v) is 6.90. The van der Waals surface area contributed by atoms with Crippen LogP contribution >= 0.6 is 22.7 Å². The Labute approximate surface area is 111 Å². The van der Waals surface area contributed by atoms with Crippen LogP contribution in [0.1, 0.15) is 44.0 Å². The van der Waals surface area contributed by atoms with Crippen molar-refractivity contribution in [3.05, 3.63) is 22.4 Å². The lowest BCUT2D eigenvalue weighted by molar-refractivity contribution is 0.459. The monoisotopic (exact) mass is 268 g/mol. The molecule has 0 radical (unpaired) electrons. The molecule has 0 spiro atoms. The molecule has 17 heavy (non-hydrogen) atoms. The van der Waals surface area contributed by atoms with Crippen molar-refractivity contribution in [1.29, 1.82) is 0 Å². The molecule has 0 fully saturated rings. The third kappa shape index (κ3) is 3.28. The lowest BCUT2D eigenvalue weighted by Gasteiger charge is -2.14. The molecule has 2 nitrogen and oxygen atoms in total. The van der Waals surface area contributed by atoms with E-state index < -0.39 is 0 Å². The van der Waals surface area contributed by atoms with Crippen molar-refractivity contribution in [3.63, 3.8) is 0 Å². The van der Waals surface area contributed by atoms with Gasteiger partial charge >= 0.3 is 0 Å². The van der Waals surface area contributed by atoms with Gasteiger partial charge in [-0.2, -0.15) is 0 Å². The molecule has 2 aromatic rings. The Morgan fingerprint density at radius 3 is 2.76 bits per heavy atom. The number of hydrazine groups is 1. The van der Waals surface area contributed by atoms with Crippen LogP contribution < -0.4 is 11.3 Å². The van der Waals surface area contributed by atoms with Crippen LogP contribution in [0.4, 0.5) is 0 Å². The summed E-state index contributed by atoms with van der Waals surface area (Å²) in [5.41, 5.74) is 2.96. The smallest absolute Gasteiger partial charge is 0.0554 e. The molecule has 1 unspecified atom stereocenters. The van der Waals surface area contributed by atoms with Crippen LogP contribution in [0.2, 0.25) is 0 Å². The van der Waals surface area contributed by atoms with Crippen molar-refractivity contribution >= 4 is 32.1 Å². The molecule has 3 N–H and O–H groups in total. The van der Waals surface area contributed by atoms with E-state index in [1.807, 2.05) is 11.3 Å². The lowest BCUT2D eigenvalue weighted by atomic mass is 10.0. The first-order chi connectivity index (χ1) is 8.20. The number of rotatable bonds is 6. The summed E-state index contributed by atoms with van der Waals surface area (Å²) in [6.45, 7) is 4.54. The third-order valence-electron chi connectivity index (χ3n) is 2.98. The number of nitrogens with two attached hydrogens (primary N) is 1. The summed E-state index contributed by atoms with van der Waals surface area (Å²) >= 11 is 3.67. The molecular formula is C13H20N2S2. The molecule has 0 saturated heterocycles. The summed E-state index contributed by atoms with van der Waals surface area (Å²) in [5.74, 6) is 6.45. The maximum Gasteiger partial charge on any atom is 0.0554 e. The minimum absolute atomic E-state index is 0.318. The maximum absolute atomic E-state index is 5.67. The van der Waals surface area contributed by atoms with Crippen molar-refractivity contribution in [3.8, 4) is 0 Å². The first-order valence-corrected chi connectivity index (χ1v) is 7.83.